The number of aromatic amines is 1. The lowest BCUT2D eigenvalue weighted by molar-refractivity contribution is 0.0640. The third-order valence-corrected chi connectivity index (χ3v) is 7.01. The van der Waals surface area contributed by atoms with E-state index in [-0.39, 0.29) is 17.3 Å². The zero-order valence-corrected chi connectivity index (χ0v) is 22.6. The van der Waals surface area contributed by atoms with Crippen molar-refractivity contribution in [3.05, 3.63) is 106 Å². The number of amides is 1. The second kappa shape index (κ2) is 11.5. The number of carbonyl (C=O) groups excluding carboxylic acids is 1. The number of ether oxygens (including phenoxy) is 1. The molecule has 1 aromatic heterocycles. The first-order valence-electron chi connectivity index (χ1n) is 13.1. The molecule has 0 bridgehead atoms. The number of benzene rings is 3. The van der Waals surface area contributed by atoms with Crippen LogP contribution in [0.4, 0.5) is 22.9 Å². The van der Waals surface area contributed by atoms with Crippen molar-refractivity contribution in [2.45, 2.75) is 13.8 Å². The molecule has 4 aromatic rings. The number of aromatic nitrogens is 2. The molecule has 5 rings (SSSR count). The molecule has 0 unspecified atom stereocenters. The van der Waals surface area contributed by atoms with Gasteiger partial charge in [0, 0.05) is 58.7 Å². The van der Waals surface area contributed by atoms with Crippen LogP contribution in [0.15, 0.2) is 78.2 Å². The molecule has 204 valence electrons. The van der Waals surface area contributed by atoms with Crippen LogP contribution in [-0.2, 0) is 4.74 Å². The molecule has 1 fully saturated rings. The average molecular weight is 537 g/mol. The zero-order chi connectivity index (χ0) is 28.2. The minimum absolute atomic E-state index is 0.173. The third-order valence-electron chi connectivity index (χ3n) is 7.01. The van der Waals surface area contributed by atoms with Gasteiger partial charge in [0.15, 0.2) is 5.82 Å². The lowest BCUT2D eigenvalue weighted by Crippen LogP contribution is -2.34. The second-order valence-corrected chi connectivity index (χ2v) is 9.72. The number of nitrogens with two attached hydrogens (primary N) is 1. The molecular weight excluding hydrogens is 504 g/mol. The van der Waals surface area contributed by atoms with Gasteiger partial charge < -0.3 is 31.0 Å². The van der Waals surface area contributed by atoms with Crippen molar-refractivity contribution in [2.75, 3.05) is 42.7 Å². The molecule has 0 spiro atoms. The van der Waals surface area contributed by atoms with Gasteiger partial charge in [-0.2, -0.15) is 0 Å². The van der Waals surface area contributed by atoms with E-state index in [0.717, 1.165) is 46.7 Å². The van der Waals surface area contributed by atoms with Gasteiger partial charge in [0.25, 0.3) is 11.5 Å². The summed E-state index contributed by atoms with van der Waals surface area (Å²) in [6.45, 7) is 11.2. The summed E-state index contributed by atoms with van der Waals surface area (Å²) in [6, 6.07) is 18.2. The molecule has 1 saturated heterocycles. The van der Waals surface area contributed by atoms with Gasteiger partial charge in [-0.15, -0.1) is 0 Å². The van der Waals surface area contributed by atoms with Gasteiger partial charge >= 0.3 is 0 Å². The highest BCUT2D eigenvalue weighted by atomic mass is 16.5. The molecule has 2 heterocycles. The predicted molar refractivity (Wildman–Crippen MR) is 160 cm³/mol. The van der Waals surface area contributed by atoms with Crippen molar-refractivity contribution in [3.8, 4) is 11.3 Å². The smallest absolute Gasteiger partial charge is 0.291 e. The van der Waals surface area contributed by atoms with Gasteiger partial charge in [-0.25, -0.2) is 4.98 Å². The van der Waals surface area contributed by atoms with Crippen LogP contribution < -0.4 is 21.9 Å². The highest BCUT2D eigenvalue weighted by Gasteiger charge is 2.16. The summed E-state index contributed by atoms with van der Waals surface area (Å²) in [6.07, 6.45) is 1.57. The predicted octanol–water partition coefficient (Wildman–Crippen LogP) is 4.93. The maximum Gasteiger partial charge on any atom is 0.291 e. The second-order valence-electron chi connectivity index (χ2n) is 9.72. The van der Waals surface area contributed by atoms with E-state index in [0.29, 0.717) is 35.8 Å². The largest absolute Gasteiger partial charge is 0.399 e. The molecule has 9 nitrogen and oxygen atoms in total. The maximum atomic E-state index is 12.8. The third kappa shape index (κ3) is 5.74. The summed E-state index contributed by atoms with van der Waals surface area (Å²) in [5, 5.41) is 6.12. The number of morpholine rings is 1. The van der Waals surface area contributed by atoms with E-state index in [4.69, 9.17) is 10.5 Å². The number of nitrogens with zero attached hydrogens (tertiary/aromatic N) is 2. The van der Waals surface area contributed by atoms with E-state index in [1.54, 1.807) is 30.5 Å². The molecule has 5 N–H and O–H groups in total. The Kier molecular flexibility index (Phi) is 7.65. The van der Waals surface area contributed by atoms with Crippen molar-refractivity contribution in [3.63, 3.8) is 0 Å². The number of anilines is 4. The van der Waals surface area contributed by atoms with Gasteiger partial charge in [0.2, 0.25) is 0 Å². The summed E-state index contributed by atoms with van der Waals surface area (Å²) in [4.78, 5) is 35.1. The first-order chi connectivity index (χ1) is 19.3. The summed E-state index contributed by atoms with van der Waals surface area (Å²) in [5.74, 6) is -0.0699. The Morgan fingerprint density at radius 3 is 2.55 bits per heavy atom. The zero-order valence-electron chi connectivity index (χ0n) is 22.6. The van der Waals surface area contributed by atoms with Crippen LogP contribution in [0, 0.1) is 13.8 Å². The lowest BCUT2D eigenvalue weighted by Gasteiger charge is -2.31. The fraction of sp³-hybridized carbons (Fsp3) is 0.194. The van der Waals surface area contributed by atoms with Crippen LogP contribution in [0.2, 0.25) is 0 Å². The van der Waals surface area contributed by atoms with Gasteiger partial charge in [-0.1, -0.05) is 24.8 Å². The fourth-order valence-electron chi connectivity index (χ4n) is 4.71. The van der Waals surface area contributed by atoms with Gasteiger partial charge in [0.05, 0.1) is 18.9 Å². The number of rotatable bonds is 7. The Morgan fingerprint density at radius 1 is 1.07 bits per heavy atom. The standard InChI is InChI=1S/C31H32N6O3/c1-19-17-24(11-12-25(19)21(3)37-13-15-40-16-14-37)34-29-31(39)33-18-28(35-29)26-5-4-6-27(20(26)2)36-30(38)22-7-9-23(32)10-8-22/h4-12,17-18H,3,13-16,32H2,1-2H3,(H,33,39)(H,34,35)(H,36,38). The van der Waals surface area contributed by atoms with Crippen LogP contribution in [-0.4, -0.2) is 47.1 Å². The number of nitrogens with one attached hydrogen (secondary N) is 3. The molecule has 0 aliphatic carbocycles. The fourth-order valence-corrected chi connectivity index (χ4v) is 4.71. The van der Waals surface area contributed by atoms with Gasteiger partial charge in [-0.3, -0.25) is 9.59 Å². The topological polar surface area (TPSA) is 125 Å². The number of carbonyl (C=O) groups is 1. The number of nitrogen functional groups attached to an aromatic ring is 1. The number of H-pyrrole nitrogens is 1. The molecule has 1 aliphatic rings. The van der Waals surface area contributed by atoms with E-state index >= 15 is 0 Å². The van der Waals surface area contributed by atoms with Crippen molar-refractivity contribution < 1.29 is 9.53 Å². The summed E-state index contributed by atoms with van der Waals surface area (Å²) < 4.78 is 5.45. The molecule has 9 heteroatoms. The highest BCUT2D eigenvalue weighted by Crippen LogP contribution is 2.29. The van der Waals surface area contributed by atoms with Crippen LogP contribution in [0.25, 0.3) is 17.0 Å². The summed E-state index contributed by atoms with van der Waals surface area (Å²) in [5.41, 5.74) is 13.1. The Labute approximate surface area is 232 Å². The minimum atomic E-state index is -0.339. The van der Waals surface area contributed by atoms with E-state index in [1.807, 2.05) is 50.2 Å². The Balaban J connectivity index is 1.36. The van der Waals surface area contributed by atoms with Crippen LogP contribution in [0.3, 0.4) is 0 Å². The van der Waals surface area contributed by atoms with Crippen molar-refractivity contribution in [1.29, 1.82) is 0 Å². The Morgan fingerprint density at radius 2 is 1.82 bits per heavy atom. The molecule has 1 amide bonds. The quantitative estimate of drug-likeness (QED) is 0.247. The van der Waals surface area contributed by atoms with E-state index in [2.05, 4.69) is 32.1 Å². The van der Waals surface area contributed by atoms with Gasteiger partial charge in [0.1, 0.15) is 0 Å². The molecule has 3 aromatic carbocycles. The molecule has 0 radical (unpaired) electrons. The monoisotopic (exact) mass is 536 g/mol. The first-order valence-corrected chi connectivity index (χ1v) is 13.1. The molecule has 40 heavy (non-hydrogen) atoms. The van der Waals surface area contributed by atoms with Crippen molar-refractivity contribution in [2.24, 2.45) is 0 Å². The maximum absolute atomic E-state index is 12.8. The van der Waals surface area contributed by atoms with Gasteiger partial charge in [-0.05, 0) is 67.4 Å². The van der Waals surface area contributed by atoms with E-state index < -0.39 is 0 Å². The van der Waals surface area contributed by atoms with Crippen molar-refractivity contribution >= 4 is 34.5 Å². The summed E-state index contributed by atoms with van der Waals surface area (Å²) >= 11 is 0. The lowest BCUT2D eigenvalue weighted by atomic mass is 10.0. The Bertz CT molecular complexity index is 1620. The first kappa shape index (κ1) is 26.7. The van der Waals surface area contributed by atoms with Crippen molar-refractivity contribution in [1.82, 2.24) is 14.9 Å². The van der Waals surface area contributed by atoms with E-state index in [9.17, 15) is 9.59 Å². The van der Waals surface area contributed by atoms with Crippen LogP contribution in [0.5, 0.6) is 0 Å². The van der Waals surface area contributed by atoms with Crippen LogP contribution >= 0.6 is 0 Å². The van der Waals surface area contributed by atoms with Crippen LogP contribution in [0.1, 0.15) is 27.0 Å². The van der Waals surface area contributed by atoms with E-state index in [1.165, 1.54) is 0 Å². The molecule has 0 saturated carbocycles. The SMILES string of the molecule is C=C(c1ccc(Nc2nc(-c3cccc(NC(=O)c4ccc(N)cc4)c3C)c[nH]c2=O)cc1C)N1CCOCC1. The normalized spacial score (nSPS) is 13.1. The summed E-state index contributed by atoms with van der Waals surface area (Å²) in [7, 11) is 0. The number of hydrogen-bond acceptors (Lipinski definition) is 7. The highest BCUT2D eigenvalue weighted by molar-refractivity contribution is 6.05. The Hall–Kier alpha value is -4.89. The molecular formula is C31H32N6O3. The average Bonchev–Trinajstić information content (AvgIpc) is 2.96. The number of aryl methyl sites for hydroxylation is 1. The molecule has 1 aliphatic heterocycles. The number of hydrogen-bond donors (Lipinski definition) is 4. The minimum Gasteiger partial charge on any atom is -0.399 e. The molecule has 0 atom stereocenters.